The van der Waals surface area contributed by atoms with Crippen molar-refractivity contribution in [3.63, 3.8) is 0 Å². The predicted octanol–water partition coefficient (Wildman–Crippen LogP) is 2.28. The maximum Gasteiger partial charge on any atom is 0.338 e. The van der Waals surface area contributed by atoms with E-state index in [-0.39, 0.29) is 16.5 Å². The molecule has 9 heteroatoms. The van der Waals surface area contributed by atoms with Crippen molar-refractivity contribution in [2.24, 2.45) is 0 Å². The number of hydrogen-bond acceptors (Lipinski definition) is 5. The second-order valence-corrected chi connectivity index (χ2v) is 7.98. The van der Waals surface area contributed by atoms with Crippen LogP contribution in [0, 0.1) is 0 Å². The lowest BCUT2D eigenvalue weighted by Gasteiger charge is -2.14. The highest BCUT2D eigenvalue weighted by Crippen LogP contribution is 2.16. The molecule has 2 N–H and O–H groups in total. The molecule has 0 spiro atoms. The first kappa shape index (κ1) is 20.9. The summed E-state index contributed by atoms with van der Waals surface area (Å²) in [6, 6.07) is 12.1. The molecule has 0 aliphatic carbocycles. The molecule has 1 amide bonds. The molecule has 0 unspecified atom stereocenters. The van der Waals surface area contributed by atoms with Crippen LogP contribution in [0.25, 0.3) is 0 Å². The molecule has 1 atom stereocenters. The molecule has 0 heterocycles. The van der Waals surface area contributed by atoms with E-state index >= 15 is 0 Å². The van der Waals surface area contributed by atoms with Gasteiger partial charge < -0.3 is 10.1 Å². The minimum Gasteiger partial charge on any atom is -0.452 e. The van der Waals surface area contributed by atoms with Crippen LogP contribution in [-0.4, -0.2) is 33.9 Å². The molecule has 2 rings (SSSR count). The van der Waals surface area contributed by atoms with E-state index in [9.17, 15) is 18.0 Å². The van der Waals surface area contributed by atoms with E-state index in [0.717, 1.165) is 5.56 Å². The van der Waals surface area contributed by atoms with Gasteiger partial charge in [0.25, 0.3) is 5.91 Å². The summed E-state index contributed by atoms with van der Waals surface area (Å²) < 4.78 is 30.7. The van der Waals surface area contributed by atoms with E-state index < -0.39 is 28.5 Å². The summed E-state index contributed by atoms with van der Waals surface area (Å²) in [6.07, 6.45) is 0. The average Bonchev–Trinajstić information content (AvgIpc) is 2.66. The van der Waals surface area contributed by atoms with Gasteiger partial charge in [-0.15, -0.1) is 0 Å². The number of halogens is 1. The highest BCUT2D eigenvalue weighted by molar-refractivity contribution is 7.89. The Kier molecular flexibility index (Phi) is 6.95. The van der Waals surface area contributed by atoms with Crippen molar-refractivity contribution in [1.29, 1.82) is 0 Å². The largest absolute Gasteiger partial charge is 0.452 e. The molecule has 0 radical (unpaired) electrons. The van der Waals surface area contributed by atoms with Crippen LogP contribution < -0.4 is 10.0 Å². The molecule has 7 nitrogen and oxygen atoms in total. The first-order valence-corrected chi connectivity index (χ1v) is 9.84. The van der Waals surface area contributed by atoms with Gasteiger partial charge in [-0.2, -0.15) is 0 Å². The highest BCUT2D eigenvalue weighted by atomic mass is 35.5. The second kappa shape index (κ2) is 8.98. The summed E-state index contributed by atoms with van der Waals surface area (Å²) in [5.74, 6) is -1.28. The number of nitrogens with one attached hydrogen (secondary N) is 2. The van der Waals surface area contributed by atoms with Crippen molar-refractivity contribution in [2.45, 2.75) is 17.9 Å². The summed E-state index contributed by atoms with van der Waals surface area (Å²) in [6.45, 7) is 1.30. The fraction of sp³-hybridized carbons (Fsp3) is 0.222. The Hall–Kier alpha value is -2.42. The Bertz CT molecular complexity index is 929. The minimum atomic E-state index is -3.68. The van der Waals surface area contributed by atoms with E-state index in [1.54, 1.807) is 31.2 Å². The zero-order valence-electron chi connectivity index (χ0n) is 14.7. The molecule has 0 aromatic heterocycles. The van der Waals surface area contributed by atoms with E-state index in [1.807, 2.05) is 0 Å². The van der Waals surface area contributed by atoms with Gasteiger partial charge in [0.1, 0.15) is 0 Å². The Morgan fingerprint density at radius 2 is 1.81 bits per heavy atom. The van der Waals surface area contributed by atoms with Gasteiger partial charge in [-0.25, -0.2) is 17.9 Å². The number of benzene rings is 2. The SMILES string of the molecule is CNS(=O)(=O)c1cccc(C(=O)OCC(=O)N[C@@H](C)c2ccc(Cl)cc2)c1. The van der Waals surface area contributed by atoms with Crippen molar-refractivity contribution in [3.05, 3.63) is 64.7 Å². The number of ether oxygens (including phenoxy) is 1. The lowest BCUT2D eigenvalue weighted by Crippen LogP contribution is -2.31. The zero-order chi connectivity index (χ0) is 20.0. The van der Waals surface area contributed by atoms with Crippen LogP contribution in [-0.2, 0) is 19.6 Å². The molecule has 0 saturated carbocycles. The summed E-state index contributed by atoms with van der Waals surface area (Å²) in [4.78, 5) is 24.0. The first-order chi connectivity index (χ1) is 12.7. The van der Waals surface area contributed by atoms with Crippen LogP contribution >= 0.6 is 11.6 Å². The van der Waals surface area contributed by atoms with Crippen LogP contribution in [0.2, 0.25) is 5.02 Å². The number of hydrogen-bond donors (Lipinski definition) is 2. The number of amides is 1. The van der Waals surface area contributed by atoms with Gasteiger partial charge >= 0.3 is 5.97 Å². The maximum absolute atomic E-state index is 12.1. The molecule has 27 heavy (non-hydrogen) atoms. The smallest absolute Gasteiger partial charge is 0.338 e. The van der Waals surface area contributed by atoms with Crippen molar-refractivity contribution in [2.75, 3.05) is 13.7 Å². The fourth-order valence-electron chi connectivity index (χ4n) is 2.24. The van der Waals surface area contributed by atoms with Crippen molar-refractivity contribution in [1.82, 2.24) is 10.0 Å². The van der Waals surface area contributed by atoms with Gasteiger partial charge in [0.2, 0.25) is 10.0 Å². The minimum absolute atomic E-state index is 0.0323. The molecule has 2 aromatic rings. The van der Waals surface area contributed by atoms with Gasteiger partial charge in [0.05, 0.1) is 16.5 Å². The monoisotopic (exact) mass is 410 g/mol. The number of carbonyl (C=O) groups is 2. The predicted molar refractivity (Wildman–Crippen MR) is 101 cm³/mol. The normalized spacial score (nSPS) is 12.3. The number of rotatable bonds is 7. The van der Waals surface area contributed by atoms with Gasteiger partial charge in [-0.1, -0.05) is 29.8 Å². The molecule has 0 bridgehead atoms. The lowest BCUT2D eigenvalue weighted by atomic mass is 10.1. The van der Waals surface area contributed by atoms with Crippen LogP contribution in [0.5, 0.6) is 0 Å². The number of sulfonamides is 1. The van der Waals surface area contributed by atoms with E-state index in [4.69, 9.17) is 16.3 Å². The Balaban J connectivity index is 1.94. The molecule has 2 aromatic carbocycles. The van der Waals surface area contributed by atoms with Crippen LogP contribution in [0.4, 0.5) is 0 Å². The highest BCUT2D eigenvalue weighted by Gasteiger charge is 2.16. The third-order valence-corrected chi connectivity index (χ3v) is 5.39. The third kappa shape index (κ3) is 5.78. The molecule has 0 fully saturated rings. The Morgan fingerprint density at radius 1 is 1.15 bits per heavy atom. The van der Waals surface area contributed by atoms with E-state index in [0.29, 0.717) is 5.02 Å². The molecule has 0 aliphatic heterocycles. The van der Waals surface area contributed by atoms with Gasteiger partial charge in [0.15, 0.2) is 6.61 Å². The fourth-order valence-corrected chi connectivity index (χ4v) is 3.14. The second-order valence-electron chi connectivity index (χ2n) is 5.65. The topological polar surface area (TPSA) is 102 Å². The van der Waals surface area contributed by atoms with Crippen LogP contribution in [0.3, 0.4) is 0 Å². The van der Waals surface area contributed by atoms with Crippen molar-refractivity contribution >= 4 is 33.5 Å². The third-order valence-electron chi connectivity index (χ3n) is 3.73. The molecular formula is C18H19ClN2O5S. The zero-order valence-corrected chi connectivity index (χ0v) is 16.3. The number of carbonyl (C=O) groups excluding carboxylic acids is 2. The first-order valence-electron chi connectivity index (χ1n) is 7.98. The molecule has 0 saturated heterocycles. The molecule has 0 aliphatic rings. The van der Waals surface area contributed by atoms with Crippen molar-refractivity contribution < 1.29 is 22.7 Å². The Labute approximate surface area is 162 Å². The van der Waals surface area contributed by atoms with Gasteiger partial charge in [0, 0.05) is 5.02 Å². The van der Waals surface area contributed by atoms with E-state index in [2.05, 4.69) is 10.0 Å². The average molecular weight is 411 g/mol. The van der Waals surface area contributed by atoms with Crippen molar-refractivity contribution in [3.8, 4) is 0 Å². The summed E-state index contributed by atoms with van der Waals surface area (Å²) >= 11 is 5.83. The summed E-state index contributed by atoms with van der Waals surface area (Å²) in [7, 11) is -2.41. The van der Waals surface area contributed by atoms with E-state index in [1.165, 1.54) is 31.3 Å². The Morgan fingerprint density at radius 3 is 2.44 bits per heavy atom. The quantitative estimate of drug-likeness (QED) is 0.682. The maximum atomic E-state index is 12.1. The molecule has 144 valence electrons. The number of esters is 1. The summed E-state index contributed by atoms with van der Waals surface area (Å²) in [5, 5.41) is 3.29. The molecular weight excluding hydrogens is 392 g/mol. The van der Waals surface area contributed by atoms with Crippen LogP contribution in [0.15, 0.2) is 53.4 Å². The lowest BCUT2D eigenvalue weighted by molar-refractivity contribution is -0.124. The van der Waals surface area contributed by atoms with Gasteiger partial charge in [-0.05, 0) is 49.9 Å². The standard InChI is InChI=1S/C18H19ClN2O5S/c1-12(13-6-8-15(19)9-7-13)21-17(22)11-26-18(23)14-4-3-5-16(10-14)27(24,25)20-2/h3-10,12,20H,11H2,1-2H3,(H,21,22)/t12-/m0/s1. The summed E-state index contributed by atoms with van der Waals surface area (Å²) in [5.41, 5.74) is 0.883. The van der Waals surface area contributed by atoms with Gasteiger partial charge in [-0.3, -0.25) is 4.79 Å². The van der Waals surface area contributed by atoms with Crippen LogP contribution in [0.1, 0.15) is 28.9 Å².